The number of hydrogen-bond donors (Lipinski definition) is 1. The van der Waals surface area contributed by atoms with Crippen LogP contribution in [0.2, 0.25) is 0 Å². The zero-order valence-corrected chi connectivity index (χ0v) is 15.2. The van der Waals surface area contributed by atoms with Crippen molar-refractivity contribution in [3.63, 3.8) is 0 Å². The van der Waals surface area contributed by atoms with Gasteiger partial charge < -0.3 is 15.0 Å². The highest BCUT2D eigenvalue weighted by molar-refractivity contribution is 6.00. The van der Waals surface area contributed by atoms with E-state index in [1.54, 1.807) is 12.0 Å². The highest BCUT2D eigenvalue weighted by Gasteiger charge is 2.36. The lowest BCUT2D eigenvalue weighted by atomic mass is 9.84. The lowest BCUT2D eigenvalue weighted by molar-refractivity contribution is -0.127. The molecular weight excluding hydrogens is 316 g/mol. The fourth-order valence-electron chi connectivity index (χ4n) is 3.93. The molecule has 3 rings (SSSR count). The Morgan fingerprint density at radius 2 is 1.88 bits per heavy atom. The lowest BCUT2D eigenvalue weighted by Gasteiger charge is -2.29. The first-order valence-corrected chi connectivity index (χ1v) is 9.35. The van der Waals surface area contributed by atoms with Gasteiger partial charge in [0.25, 0.3) is 0 Å². The van der Waals surface area contributed by atoms with Gasteiger partial charge in [0, 0.05) is 24.7 Å². The molecule has 1 aromatic carbocycles. The maximum atomic E-state index is 12.6. The molecule has 0 unspecified atom stereocenters. The summed E-state index contributed by atoms with van der Waals surface area (Å²) >= 11 is 0. The number of carbonyl (C=O) groups excluding carboxylic acids is 2. The molecule has 136 valence electrons. The largest absolute Gasteiger partial charge is 0.497 e. The van der Waals surface area contributed by atoms with Crippen molar-refractivity contribution in [1.29, 1.82) is 0 Å². The Labute approximate surface area is 149 Å². The fraction of sp³-hybridized carbons (Fsp3) is 0.600. The second kappa shape index (κ2) is 7.89. The zero-order valence-electron chi connectivity index (χ0n) is 15.2. The molecule has 5 heteroatoms. The van der Waals surface area contributed by atoms with E-state index in [0.717, 1.165) is 30.2 Å². The third-order valence-electron chi connectivity index (χ3n) is 5.65. The first kappa shape index (κ1) is 17.8. The smallest absolute Gasteiger partial charge is 0.227 e. The predicted octanol–water partition coefficient (Wildman–Crippen LogP) is 3.13. The van der Waals surface area contributed by atoms with Crippen molar-refractivity contribution in [2.45, 2.75) is 51.5 Å². The normalized spacial score (nSPS) is 26.6. The Balaban J connectivity index is 1.55. The topological polar surface area (TPSA) is 58.6 Å². The summed E-state index contributed by atoms with van der Waals surface area (Å²) in [6, 6.07) is 7.68. The van der Waals surface area contributed by atoms with Crippen LogP contribution in [-0.2, 0) is 9.59 Å². The van der Waals surface area contributed by atoms with Gasteiger partial charge in [0.2, 0.25) is 11.8 Å². The van der Waals surface area contributed by atoms with E-state index in [1.165, 1.54) is 19.3 Å². The summed E-state index contributed by atoms with van der Waals surface area (Å²) in [5.41, 5.74) is 0.824. The first-order chi connectivity index (χ1) is 12.1. The number of anilines is 1. The molecule has 1 aliphatic heterocycles. The average molecular weight is 344 g/mol. The Kier molecular flexibility index (Phi) is 5.61. The maximum Gasteiger partial charge on any atom is 0.227 e. The fourth-order valence-corrected chi connectivity index (χ4v) is 3.93. The van der Waals surface area contributed by atoms with Gasteiger partial charge in [-0.05, 0) is 55.9 Å². The molecule has 1 aromatic rings. The molecule has 1 heterocycles. The van der Waals surface area contributed by atoms with Crippen molar-refractivity contribution in [1.82, 2.24) is 5.32 Å². The van der Waals surface area contributed by atoms with Gasteiger partial charge in [-0.3, -0.25) is 9.59 Å². The molecule has 2 aliphatic rings. The van der Waals surface area contributed by atoms with E-state index in [4.69, 9.17) is 4.74 Å². The number of benzene rings is 1. The minimum atomic E-state index is -0.251. The van der Waals surface area contributed by atoms with Crippen LogP contribution in [0, 0.1) is 11.8 Å². The van der Waals surface area contributed by atoms with Crippen molar-refractivity contribution in [2.75, 3.05) is 18.6 Å². The van der Waals surface area contributed by atoms with Crippen molar-refractivity contribution in [2.24, 2.45) is 11.8 Å². The van der Waals surface area contributed by atoms with Gasteiger partial charge in [0.05, 0.1) is 13.0 Å². The van der Waals surface area contributed by atoms with E-state index in [2.05, 4.69) is 12.2 Å². The van der Waals surface area contributed by atoms with Crippen LogP contribution in [0.1, 0.15) is 45.4 Å². The van der Waals surface area contributed by atoms with Crippen molar-refractivity contribution in [3.8, 4) is 5.75 Å². The molecule has 0 aromatic heterocycles. The summed E-state index contributed by atoms with van der Waals surface area (Å²) in [5, 5.41) is 3.18. The van der Waals surface area contributed by atoms with E-state index >= 15 is 0 Å². The van der Waals surface area contributed by atoms with Crippen molar-refractivity contribution in [3.05, 3.63) is 24.3 Å². The van der Waals surface area contributed by atoms with E-state index in [0.29, 0.717) is 13.0 Å². The molecule has 5 nitrogen and oxygen atoms in total. The Bertz CT molecular complexity index is 606. The summed E-state index contributed by atoms with van der Waals surface area (Å²) in [4.78, 5) is 26.6. The first-order valence-electron chi connectivity index (χ1n) is 9.35. The second-order valence-corrected chi connectivity index (χ2v) is 7.24. The summed E-state index contributed by atoms with van der Waals surface area (Å²) < 4.78 is 5.15. The van der Waals surface area contributed by atoms with Gasteiger partial charge in [0.15, 0.2) is 0 Å². The van der Waals surface area contributed by atoms with Gasteiger partial charge in [-0.1, -0.05) is 13.3 Å². The summed E-state index contributed by atoms with van der Waals surface area (Å²) in [6.45, 7) is 2.70. The Hall–Kier alpha value is -2.04. The van der Waals surface area contributed by atoms with Crippen LogP contribution in [0.25, 0.3) is 0 Å². The van der Waals surface area contributed by atoms with Crippen LogP contribution in [0.15, 0.2) is 24.3 Å². The van der Waals surface area contributed by atoms with Crippen LogP contribution in [0.3, 0.4) is 0 Å². The van der Waals surface area contributed by atoms with Crippen molar-refractivity contribution < 1.29 is 14.3 Å². The molecule has 0 bridgehead atoms. The molecule has 1 saturated heterocycles. The van der Waals surface area contributed by atoms with Crippen LogP contribution in [0.5, 0.6) is 5.75 Å². The number of hydrogen-bond acceptors (Lipinski definition) is 3. The Morgan fingerprint density at radius 3 is 2.48 bits per heavy atom. The SMILES string of the molecule is CCC1CCC(NC(=O)[C@H]2CC(=O)N(c3ccc(OC)cc3)C2)CC1. The number of methoxy groups -OCH3 is 1. The highest BCUT2D eigenvalue weighted by Crippen LogP contribution is 2.29. The molecule has 2 amide bonds. The molecule has 0 spiro atoms. The molecule has 2 fully saturated rings. The van der Waals surface area contributed by atoms with E-state index in [-0.39, 0.29) is 23.8 Å². The highest BCUT2D eigenvalue weighted by atomic mass is 16.5. The number of amides is 2. The number of nitrogens with zero attached hydrogens (tertiary/aromatic N) is 1. The third kappa shape index (κ3) is 4.14. The summed E-state index contributed by atoms with van der Waals surface area (Å²) in [6.07, 6.45) is 6.04. The quantitative estimate of drug-likeness (QED) is 0.893. The van der Waals surface area contributed by atoms with Crippen molar-refractivity contribution >= 4 is 17.5 Å². The van der Waals surface area contributed by atoms with E-state index in [1.807, 2.05) is 24.3 Å². The van der Waals surface area contributed by atoms with Crippen LogP contribution >= 0.6 is 0 Å². The molecule has 1 N–H and O–H groups in total. The Morgan fingerprint density at radius 1 is 1.20 bits per heavy atom. The lowest BCUT2D eigenvalue weighted by Crippen LogP contribution is -2.41. The summed E-state index contributed by atoms with van der Waals surface area (Å²) in [5.74, 6) is 1.36. The minimum absolute atomic E-state index is 0.0139. The molecule has 1 atom stereocenters. The van der Waals surface area contributed by atoms with Gasteiger partial charge >= 0.3 is 0 Å². The van der Waals surface area contributed by atoms with Gasteiger partial charge in [-0.15, -0.1) is 0 Å². The number of nitrogens with one attached hydrogen (secondary N) is 1. The second-order valence-electron chi connectivity index (χ2n) is 7.24. The molecule has 1 aliphatic carbocycles. The van der Waals surface area contributed by atoms with Crippen LogP contribution in [-0.4, -0.2) is 31.5 Å². The monoisotopic (exact) mass is 344 g/mol. The number of ether oxygens (including phenoxy) is 1. The molecule has 0 radical (unpaired) electrons. The molecule has 1 saturated carbocycles. The van der Waals surface area contributed by atoms with Gasteiger partial charge in [0.1, 0.15) is 5.75 Å². The average Bonchev–Trinajstić information content (AvgIpc) is 3.04. The van der Waals surface area contributed by atoms with E-state index in [9.17, 15) is 9.59 Å². The maximum absolute atomic E-state index is 12.6. The standard InChI is InChI=1S/C20H28N2O3/c1-3-14-4-6-16(7-5-14)21-20(24)15-12-19(23)22(13-15)17-8-10-18(25-2)11-9-17/h8-11,14-16H,3-7,12-13H2,1-2H3,(H,21,24)/t14?,15-,16?/m0/s1. The molecular formula is C20H28N2O3. The third-order valence-corrected chi connectivity index (χ3v) is 5.65. The molecule has 25 heavy (non-hydrogen) atoms. The van der Waals surface area contributed by atoms with Crippen LogP contribution < -0.4 is 15.0 Å². The minimum Gasteiger partial charge on any atom is -0.497 e. The summed E-state index contributed by atoms with van der Waals surface area (Å²) in [7, 11) is 1.62. The zero-order chi connectivity index (χ0) is 17.8. The van der Waals surface area contributed by atoms with Gasteiger partial charge in [-0.2, -0.15) is 0 Å². The number of rotatable bonds is 5. The van der Waals surface area contributed by atoms with Gasteiger partial charge in [-0.25, -0.2) is 0 Å². The van der Waals surface area contributed by atoms with E-state index < -0.39 is 0 Å². The predicted molar refractivity (Wildman–Crippen MR) is 97.6 cm³/mol. The van der Waals surface area contributed by atoms with Crippen LogP contribution in [0.4, 0.5) is 5.69 Å². The number of carbonyl (C=O) groups is 2.